The van der Waals surface area contributed by atoms with E-state index in [0.717, 1.165) is 104 Å². The molecule has 15 rings (SSSR count). The molecule has 0 aliphatic carbocycles. The van der Waals surface area contributed by atoms with Gasteiger partial charge in [-0.3, -0.25) is 38.4 Å². The number of carboxylic acids is 1. The van der Waals surface area contributed by atoms with Gasteiger partial charge in [0.05, 0.1) is 54.0 Å². The molecule has 0 spiro atoms. The van der Waals surface area contributed by atoms with Crippen molar-refractivity contribution in [1.29, 1.82) is 0 Å². The zero-order valence-electron chi connectivity index (χ0n) is 79.0. The molecule has 11 bridgehead atoms. The normalized spacial score (nSPS) is 27.6. The molecule has 7 aromatic carbocycles. The highest BCUT2D eigenvalue weighted by molar-refractivity contribution is 6.32. The van der Waals surface area contributed by atoms with Gasteiger partial charge in [-0.1, -0.05) is 103 Å². The minimum Gasteiger partial charge on any atom is -0.508 e. The number of aromatic hydroxyl groups is 3. The number of rotatable bonds is 33. The third-order valence-corrected chi connectivity index (χ3v) is 26.8. The van der Waals surface area contributed by atoms with Crippen LogP contribution in [0.2, 0.25) is 15.1 Å². The Hall–Kier alpha value is -11.2. The molecule has 41 nitrogen and oxygen atoms in total. The highest BCUT2D eigenvalue weighted by atomic mass is 35.5. The van der Waals surface area contributed by atoms with E-state index in [0.29, 0.717) is 31.1 Å². The molecule has 8 aliphatic rings. The standard InChI is InChI=1S/C98H123Cl3N14O27/c1-46(2)32-63(115(7)72(121)44-107-31-11-30-106-28-9-8-27-105-29-10-26-102)90(128)113-79-81(122)53-19-24-66(60(100)34-53)137-68-36-55-37-69(85(68)142-96-86(83(124)82(123)70(45-116)139-96)141-74-42-98(6,88(126)48(4)136-74)108-43-49-12-14-50(15-13-49)51-16-21-56(99)22-17-51)138-67-25-20-54(35-61(67)101)84(140-73-41-97(5,104)87(125)47(3)135-73)80-94(132)112-78(95(133)134)59-38-57(117)39-65(119)75(59)58-33-52(18-23-64(58)118)76(91(129)114-80)111-92(130)77(55)110-89(127)62(40-71(103)120)109-93(79)131/h12-25,33-39,46-48,62-63,70,73-74,76-84,86-88,96,105-108,116-119,122-126H,8-11,26-32,40-45,102,104H2,1-7H3,(H2,103,120)(H,109,131)(H,110,127)(H,111,130)(H,112,132)(H,113,128)(H,114,129)(H,133,134)/t47-,48-,62-,63+,70+,73-,74-,76+,77+,78-,79+,80-,81+,82+,83-,84+,86+,87-,88-,96?,97-,98-/m0/s1. The molecule has 3 saturated heterocycles. The monoisotopic (exact) mass is 2030 g/mol. The molecule has 44 heteroatoms. The zero-order valence-corrected chi connectivity index (χ0v) is 81.3. The van der Waals surface area contributed by atoms with Gasteiger partial charge in [-0.15, -0.1) is 0 Å². The third-order valence-electron chi connectivity index (χ3n) is 25.9. The number of likely N-dealkylation sites (N-methyl/N-ethyl adjacent to an activating group) is 1. The smallest absolute Gasteiger partial charge is 0.330 e. The average molecular weight is 2040 g/mol. The first-order valence-electron chi connectivity index (χ1n) is 46.8. The maximum absolute atomic E-state index is 16.8. The molecule has 7 aromatic rings. The molecule has 8 amide bonds. The molecular weight excluding hydrogens is 1910 g/mol. The summed E-state index contributed by atoms with van der Waals surface area (Å²) in [5.74, 6) is -17.5. The maximum atomic E-state index is 16.8. The Morgan fingerprint density at radius 2 is 1.20 bits per heavy atom. The number of carbonyl (C=O) groups is 9. The number of aliphatic carboxylic acids is 1. The van der Waals surface area contributed by atoms with Gasteiger partial charge in [0.2, 0.25) is 59.3 Å². The molecule has 0 saturated carbocycles. The van der Waals surface area contributed by atoms with Crippen LogP contribution in [-0.2, 0) is 73.4 Å². The molecule has 22 atom stereocenters. The van der Waals surface area contributed by atoms with Crippen LogP contribution in [0.1, 0.15) is 157 Å². The maximum Gasteiger partial charge on any atom is 0.330 e. The Bertz CT molecular complexity index is 5700. The Morgan fingerprint density at radius 3 is 1.82 bits per heavy atom. The number of aliphatic hydroxyl groups excluding tert-OH is 6. The van der Waals surface area contributed by atoms with Crippen molar-refractivity contribution in [3.8, 4) is 68.2 Å². The molecule has 768 valence electrons. The van der Waals surface area contributed by atoms with Crippen molar-refractivity contribution in [1.82, 2.24) is 58.1 Å². The van der Waals surface area contributed by atoms with Crippen molar-refractivity contribution in [3.63, 3.8) is 0 Å². The fourth-order valence-corrected chi connectivity index (χ4v) is 18.6. The molecule has 26 N–H and O–H groups in total. The molecule has 142 heavy (non-hydrogen) atoms. The second-order valence-corrected chi connectivity index (χ2v) is 38.5. The number of hydrogen-bond acceptors (Lipinski definition) is 32. The lowest BCUT2D eigenvalue weighted by molar-refractivity contribution is -0.334. The number of amides is 8. The van der Waals surface area contributed by atoms with Gasteiger partial charge < -0.3 is 164 Å². The van der Waals surface area contributed by atoms with E-state index in [-0.39, 0.29) is 49.4 Å². The first-order chi connectivity index (χ1) is 67.5. The Labute approximate surface area is 833 Å². The summed E-state index contributed by atoms with van der Waals surface area (Å²) in [4.78, 5) is 139. The zero-order chi connectivity index (χ0) is 103. The average Bonchev–Trinajstić information content (AvgIpc) is 0.759. The highest BCUT2D eigenvalue weighted by Crippen LogP contribution is 2.51. The van der Waals surface area contributed by atoms with Gasteiger partial charge >= 0.3 is 5.97 Å². The van der Waals surface area contributed by atoms with Crippen LogP contribution < -0.4 is 84.6 Å². The van der Waals surface area contributed by atoms with Gasteiger partial charge in [-0.05, 0) is 211 Å². The van der Waals surface area contributed by atoms with E-state index in [1.54, 1.807) is 39.8 Å². The number of fused-ring (bicyclic) bond motifs is 15. The molecule has 8 heterocycles. The Morgan fingerprint density at radius 1 is 0.613 bits per heavy atom. The van der Waals surface area contributed by atoms with Gasteiger partial charge in [0.25, 0.3) is 0 Å². The van der Waals surface area contributed by atoms with Crippen LogP contribution in [0.4, 0.5) is 0 Å². The molecule has 1 unspecified atom stereocenters. The van der Waals surface area contributed by atoms with E-state index in [1.807, 2.05) is 36.4 Å². The lowest BCUT2D eigenvalue weighted by atomic mass is 9.84. The van der Waals surface area contributed by atoms with Crippen molar-refractivity contribution >= 4 is 88.0 Å². The van der Waals surface area contributed by atoms with Crippen LogP contribution in [0.5, 0.6) is 46.0 Å². The first kappa shape index (κ1) is 108. The van der Waals surface area contributed by atoms with Crippen molar-refractivity contribution in [2.45, 2.75) is 233 Å². The number of nitrogens with one attached hydrogen (secondary N) is 10. The van der Waals surface area contributed by atoms with E-state index in [2.05, 4.69) is 53.2 Å². The number of halogens is 3. The van der Waals surface area contributed by atoms with Crippen LogP contribution in [0.25, 0.3) is 22.3 Å². The predicted molar refractivity (Wildman–Crippen MR) is 515 cm³/mol. The molecule has 3 fully saturated rings. The molecule has 8 aliphatic heterocycles. The SMILES string of the molecule is CC(C)C[C@H](C(=O)N[C@H]1C(=O)N[C@@H](CC(N)=O)C(=O)N[C@H]2C(=O)N[C@H]3C(=O)N[C@H](C(=O)N[C@H](C(=O)O)c4cc(O)cc(O)c4-c4cc3ccc4O)[C@H](O[C@H]3C[C@](C)(N)[C@@H](O)[C@H](C)O3)c3ccc(c(Cl)c3)Oc3cc2cc(c3OC2O[C@H](CO)[C@@H](O)[C@H](O)[C@H]2O[C@H]2C[C@](C)(NCc3ccc(-c4ccc(Cl)cc4)cc3)[C@@H](O)[C@H](C)O2)Oc2ccc(cc2Cl)[C@H]1O)N(C)C(=O)CNCCCNCCCCNCCCN. The number of nitrogens with two attached hydrogens (primary N) is 3. The number of hydrogen-bond donors (Lipinski definition) is 23. The number of phenols is 3. The first-order valence-corrected chi connectivity index (χ1v) is 47.9. The number of nitrogens with zero attached hydrogens (tertiary/aromatic N) is 1. The van der Waals surface area contributed by atoms with Crippen LogP contribution in [0.3, 0.4) is 0 Å². The summed E-state index contributed by atoms with van der Waals surface area (Å²) >= 11 is 21.0. The fraction of sp³-hybridized carbons (Fsp3) is 0.480. The molecular formula is C98H123Cl3N14O27. The van der Waals surface area contributed by atoms with E-state index >= 15 is 28.8 Å². The summed E-state index contributed by atoms with van der Waals surface area (Å²) in [5.41, 5.74) is 15.1. The number of primary amides is 1. The largest absolute Gasteiger partial charge is 0.508 e. The van der Waals surface area contributed by atoms with E-state index in [4.69, 9.17) is 89.9 Å². The summed E-state index contributed by atoms with van der Waals surface area (Å²) in [6, 6.07) is 13.6. The van der Waals surface area contributed by atoms with Crippen LogP contribution >= 0.6 is 34.8 Å². The van der Waals surface area contributed by atoms with Crippen molar-refractivity contribution < 1.29 is 132 Å². The van der Waals surface area contributed by atoms with E-state index in [1.165, 1.54) is 56.1 Å². The topological polar surface area (TPSA) is 631 Å². The van der Waals surface area contributed by atoms with Gasteiger partial charge in [0.1, 0.15) is 95.5 Å². The number of aliphatic hydroxyl groups is 6. The van der Waals surface area contributed by atoms with E-state index < -0.39 is 283 Å². The number of carbonyl (C=O) groups excluding carboxylic acids is 8. The third kappa shape index (κ3) is 25.9. The second-order valence-electron chi connectivity index (χ2n) is 37.3. The molecule has 0 aromatic heterocycles. The summed E-state index contributed by atoms with van der Waals surface area (Å²) in [6.45, 7) is 12.8. The number of unbranched alkanes of at least 4 members (excludes halogenated alkanes) is 1. The van der Waals surface area contributed by atoms with Crippen molar-refractivity contribution in [2.75, 3.05) is 59.5 Å². The number of phenolic OH excluding ortho intramolecular Hbond substituents is 3. The quantitative estimate of drug-likeness (QED) is 0.0258. The summed E-state index contributed by atoms with van der Waals surface area (Å²) in [6.07, 6.45) is -20.3. The summed E-state index contributed by atoms with van der Waals surface area (Å²) in [5, 5.41) is 146. The lowest BCUT2D eigenvalue weighted by Gasteiger charge is -2.48. The number of benzene rings is 7. The van der Waals surface area contributed by atoms with Gasteiger partial charge in [-0.2, -0.15) is 0 Å². The van der Waals surface area contributed by atoms with Gasteiger partial charge in [0, 0.05) is 65.3 Å². The van der Waals surface area contributed by atoms with Gasteiger partial charge in [0.15, 0.2) is 36.2 Å². The van der Waals surface area contributed by atoms with Gasteiger partial charge in [-0.25, -0.2) is 4.79 Å². The highest BCUT2D eigenvalue weighted by Gasteiger charge is 2.54. The van der Waals surface area contributed by atoms with Crippen LogP contribution in [-0.4, -0.2) is 272 Å². The summed E-state index contributed by atoms with van der Waals surface area (Å²) < 4.78 is 53.2. The van der Waals surface area contributed by atoms with Crippen molar-refractivity contribution in [3.05, 3.63) is 176 Å². The Balaban J connectivity index is 0.960. The van der Waals surface area contributed by atoms with Crippen LogP contribution in [0, 0.1) is 5.92 Å². The van der Waals surface area contributed by atoms with E-state index in [9.17, 15) is 65.4 Å². The minimum atomic E-state index is -2.45. The summed E-state index contributed by atoms with van der Waals surface area (Å²) in [7, 11) is 1.38. The fourth-order valence-electron chi connectivity index (χ4n) is 18.0. The minimum absolute atomic E-state index is 0.0310. The number of ether oxygens (including phenoxy) is 8. The predicted octanol–water partition coefficient (Wildman–Crippen LogP) is 4.02. The lowest BCUT2D eigenvalue weighted by Crippen LogP contribution is -2.65. The molecule has 0 radical (unpaired) electrons. The Kier molecular flexibility index (Phi) is 36.2. The van der Waals surface area contributed by atoms with Crippen LogP contribution in [0.15, 0.2) is 127 Å². The van der Waals surface area contributed by atoms with Crippen molar-refractivity contribution in [2.24, 2.45) is 23.1 Å². The number of carboxylic acid groups (broad SMARTS) is 1. The second kappa shape index (κ2) is 47.5.